The van der Waals surface area contributed by atoms with Crippen LogP contribution in [0.3, 0.4) is 0 Å². The van der Waals surface area contributed by atoms with E-state index in [0.29, 0.717) is 24.1 Å². The highest BCUT2D eigenvalue weighted by Gasteiger charge is 2.69. The van der Waals surface area contributed by atoms with Gasteiger partial charge in [-0.2, -0.15) is 0 Å². The van der Waals surface area contributed by atoms with Gasteiger partial charge in [0.05, 0.1) is 23.1 Å². The van der Waals surface area contributed by atoms with Crippen LogP contribution < -0.4 is 10.2 Å². The molecule has 0 bridgehead atoms. The Kier molecular flexibility index (Phi) is 4.17. The van der Waals surface area contributed by atoms with Gasteiger partial charge in [0.1, 0.15) is 0 Å². The van der Waals surface area contributed by atoms with Crippen LogP contribution in [0.15, 0.2) is 84.9 Å². The zero-order valence-corrected chi connectivity index (χ0v) is 17.4. The van der Waals surface area contributed by atoms with Gasteiger partial charge >= 0.3 is 0 Å². The second-order valence-electron chi connectivity index (χ2n) is 8.93. The molecule has 2 aliphatic heterocycles. The molecule has 158 valence electrons. The SMILES string of the molecule is O=C1[C@@H]2[C@H](Cc3ccccc3)N[C@]3(Cc4ccccc4C3=O)[C@@H]2C(=O)N1c1ccccc1. The Bertz CT molecular complexity index is 1240. The zero-order chi connectivity index (χ0) is 21.9. The van der Waals surface area contributed by atoms with E-state index in [-0.39, 0.29) is 23.6 Å². The van der Waals surface area contributed by atoms with Crippen LogP contribution in [0, 0.1) is 11.8 Å². The summed E-state index contributed by atoms with van der Waals surface area (Å²) in [5, 5.41) is 3.53. The van der Waals surface area contributed by atoms with Crippen LogP contribution in [0.2, 0.25) is 0 Å². The molecule has 4 atom stereocenters. The molecule has 3 aliphatic rings. The first kappa shape index (κ1) is 19.1. The van der Waals surface area contributed by atoms with Crippen molar-refractivity contribution in [1.29, 1.82) is 0 Å². The van der Waals surface area contributed by atoms with E-state index in [9.17, 15) is 14.4 Å². The third-order valence-corrected chi connectivity index (χ3v) is 7.21. The fourth-order valence-corrected chi connectivity index (χ4v) is 5.89. The van der Waals surface area contributed by atoms with Crippen molar-refractivity contribution >= 4 is 23.3 Å². The molecule has 2 amide bonds. The molecule has 5 heteroatoms. The molecule has 32 heavy (non-hydrogen) atoms. The van der Waals surface area contributed by atoms with Crippen molar-refractivity contribution in [2.75, 3.05) is 4.90 Å². The Morgan fingerprint density at radius 2 is 1.47 bits per heavy atom. The smallest absolute Gasteiger partial charge is 0.240 e. The minimum atomic E-state index is -1.08. The summed E-state index contributed by atoms with van der Waals surface area (Å²) in [6.45, 7) is 0. The summed E-state index contributed by atoms with van der Waals surface area (Å²) in [5.74, 6) is -1.88. The summed E-state index contributed by atoms with van der Waals surface area (Å²) in [5.41, 5.74) is 2.14. The number of para-hydroxylation sites is 1. The maximum Gasteiger partial charge on any atom is 0.240 e. The molecule has 1 N–H and O–H groups in total. The molecule has 0 saturated carbocycles. The number of carbonyl (C=O) groups excluding carboxylic acids is 3. The van der Waals surface area contributed by atoms with E-state index in [2.05, 4.69) is 5.32 Å². The summed E-state index contributed by atoms with van der Waals surface area (Å²) in [6.07, 6.45) is 1.01. The Labute approximate surface area is 186 Å². The predicted molar refractivity (Wildman–Crippen MR) is 120 cm³/mol. The normalized spacial score (nSPS) is 28.4. The average molecular weight is 422 g/mol. The summed E-state index contributed by atoms with van der Waals surface area (Å²) in [6, 6.07) is 26.2. The quantitative estimate of drug-likeness (QED) is 0.659. The van der Waals surface area contributed by atoms with E-state index in [1.165, 1.54) is 4.90 Å². The lowest BCUT2D eigenvalue weighted by Crippen LogP contribution is -2.56. The molecule has 0 aromatic heterocycles. The number of imide groups is 1. The molecular weight excluding hydrogens is 400 g/mol. The number of hydrogen-bond acceptors (Lipinski definition) is 4. The van der Waals surface area contributed by atoms with Gasteiger partial charge in [-0.05, 0) is 36.1 Å². The third-order valence-electron chi connectivity index (χ3n) is 7.21. The minimum absolute atomic E-state index is 0.0743. The van der Waals surface area contributed by atoms with Gasteiger partial charge in [0.15, 0.2) is 5.78 Å². The van der Waals surface area contributed by atoms with Gasteiger partial charge in [-0.3, -0.25) is 19.7 Å². The lowest BCUT2D eigenvalue weighted by atomic mass is 9.77. The Hall–Kier alpha value is -3.57. The summed E-state index contributed by atoms with van der Waals surface area (Å²) in [7, 11) is 0. The second kappa shape index (κ2) is 6.97. The van der Waals surface area contributed by atoms with Gasteiger partial charge in [0.2, 0.25) is 11.8 Å². The highest BCUT2D eigenvalue weighted by atomic mass is 16.2. The van der Waals surface area contributed by atoms with Gasteiger partial charge in [0, 0.05) is 11.6 Å². The fourth-order valence-electron chi connectivity index (χ4n) is 5.89. The molecule has 2 fully saturated rings. The number of Topliss-reactive ketones (excluding diaryl/α,β-unsaturated/α-hetero) is 1. The Morgan fingerprint density at radius 3 is 2.19 bits per heavy atom. The number of benzene rings is 3. The van der Waals surface area contributed by atoms with Crippen molar-refractivity contribution < 1.29 is 14.4 Å². The molecule has 3 aromatic rings. The monoisotopic (exact) mass is 422 g/mol. The number of carbonyl (C=O) groups is 3. The predicted octanol–water partition coefficient (Wildman–Crippen LogP) is 3.18. The maximum atomic E-state index is 13.8. The highest BCUT2D eigenvalue weighted by molar-refractivity contribution is 6.26. The lowest BCUT2D eigenvalue weighted by Gasteiger charge is -2.29. The van der Waals surface area contributed by atoms with E-state index >= 15 is 0 Å². The maximum absolute atomic E-state index is 13.8. The third kappa shape index (κ3) is 2.58. The molecule has 2 saturated heterocycles. The number of nitrogens with zero attached hydrogens (tertiary/aromatic N) is 1. The highest BCUT2D eigenvalue weighted by Crippen LogP contribution is 2.50. The number of rotatable bonds is 3. The van der Waals surface area contributed by atoms with Crippen molar-refractivity contribution in [3.63, 3.8) is 0 Å². The Morgan fingerprint density at radius 1 is 0.812 bits per heavy atom. The average Bonchev–Trinajstić information content (AvgIpc) is 3.39. The first-order chi connectivity index (χ1) is 15.6. The van der Waals surface area contributed by atoms with Gasteiger partial charge < -0.3 is 0 Å². The van der Waals surface area contributed by atoms with E-state index in [1.807, 2.05) is 72.8 Å². The summed E-state index contributed by atoms with van der Waals surface area (Å²) < 4.78 is 0. The van der Waals surface area contributed by atoms with Gasteiger partial charge in [-0.15, -0.1) is 0 Å². The Balaban J connectivity index is 1.46. The van der Waals surface area contributed by atoms with Crippen molar-refractivity contribution in [1.82, 2.24) is 5.32 Å². The van der Waals surface area contributed by atoms with E-state index < -0.39 is 17.4 Å². The molecule has 2 heterocycles. The van der Waals surface area contributed by atoms with Crippen LogP contribution in [-0.2, 0) is 22.4 Å². The van der Waals surface area contributed by atoms with Crippen molar-refractivity contribution in [2.24, 2.45) is 11.8 Å². The molecule has 0 radical (unpaired) electrons. The molecule has 1 aliphatic carbocycles. The van der Waals surface area contributed by atoms with Crippen LogP contribution in [0.5, 0.6) is 0 Å². The number of amides is 2. The summed E-state index contributed by atoms with van der Waals surface area (Å²) in [4.78, 5) is 42.4. The van der Waals surface area contributed by atoms with Gasteiger partial charge in [-0.1, -0.05) is 72.8 Å². The van der Waals surface area contributed by atoms with Crippen LogP contribution in [0.25, 0.3) is 0 Å². The number of anilines is 1. The fraction of sp³-hybridized carbons (Fsp3) is 0.222. The molecule has 6 rings (SSSR count). The molecular formula is C27H22N2O3. The summed E-state index contributed by atoms with van der Waals surface area (Å²) >= 11 is 0. The molecule has 5 nitrogen and oxygen atoms in total. The number of fused-ring (bicyclic) bond motifs is 3. The molecule has 0 unspecified atom stereocenters. The van der Waals surface area contributed by atoms with Crippen LogP contribution >= 0.6 is 0 Å². The van der Waals surface area contributed by atoms with Crippen molar-refractivity contribution in [3.05, 3.63) is 102 Å². The zero-order valence-electron chi connectivity index (χ0n) is 17.4. The molecule has 3 aromatic carbocycles. The minimum Gasteiger partial charge on any atom is -0.300 e. The van der Waals surface area contributed by atoms with E-state index in [4.69, 9.17) is 0 Å². The standard InChI is InChI=1S/C27H22N2O3/c30-24-20-14-8-7-11-18(20)16-27(24)23-22(21(28-27)15-17-9-3-1-4-10-17)25(31)29(26(23)32)19-12-5-2-6-13-19/h1-14,21-23,28H,15-16H2/t21-,22+,23-,27+/m0/s1. The van der Waals surface area contributed by atoms with Gasteiger partial charge in [-0.25, -0.2) is 4.90 Å². The van der Waals surface area contributed by atoms with E-state index in [0.717, 1.165) is 11.1 Å². The van der Waals surface area contributed by atoms with Gasteiger partial charge in [0.25, 0.3) is 0 Å². The van der Waals surface area contributed by atoms with E-state index in [1.54, 1.807) is 12.1 Å². The van der Waals surface area contributed by atoms with Crippen LogP contribution in [-0.4, -0.2) is 29.2 Å². The van der Waals surface area contributed by atoms with Crippen LogP contribution in [0.4, 0.5) is 5.69 Å². The first-order valence-electron chi connectivity index (χ1n) is 11.0. The lowest BCUT2D eigenvalue weighted by molar-refractivity contribution is -0.123. The number of nitrogens with one attached hydrogen (secondary N) is 1. The topological polar surface area (TPSA) is 66.5 Å². The van der Waals surface area contributed by atoms with Crippen molar-refractivity contribution in [3.8, 4) is 0 Å². The van der Waals surface area contributed by atoms with Crippen LogP contribution in [0.1, 0.15) is 21.5 Å². The second-order valence-corrected chi connectivity index (χ2v) is 8.93. The first-order valence-corrected chi connectivity index (χ1v) is 11.0. The number of hydrogen-bond donors (Lipinski definition) is 1. The van der Waals surface area contributed by atoms with Crippen molar-refractivity contribution in [2.45, 2.75) is 24.4 Å². The molecule has 1 spiro atoms. The largest absolute Gasteiger partial charge is 0.300 e. The number of ketones is 1.